The summed E-state index contributed by atoms with van der Waals surface area (Å²) in [7, 11) is 0. The molecule has 3 rings (SSSR count). The summed E-state index contributed by atoms with van der Waals surface area (Å²) >= 11 is 0. The molecular formula is C13H15N5O. The molecule has 0 saturated carbocycles. The zero-order chi connectivity index (χ0) is 13.2. The Hall–Kier alpha value is -2.10. The highest BCUT2D eigenvalue weighted by Gasteiger charge is 2.20. The van der Waals surface area contributed by atoms with E-state index < -0.39 is 0 Å². The van der Waals surface area contributed by atoms with Gasteiger partial charge in [-0.2, -0.15) is 5.26 Å². The lowest BCUT2D eigenvalue weighted by Crippen LogP contribution is -2.41. The van der Waals surface area contributed by atoms with E-state index in [0.29, 0.717) is 19.7 Å². The molecule has 2 aromatic rings. The Bertz CT molecular complexity index is 629. The van der Waals surface area contributed by atoms with E-state index in [1.165, 1.54) is 0 Å². The van der Waals surface area contributed by atoms with Gasteiger partial charge < -0.3 is 15.5 Å². The van der Waals surface area contributed by atoms with Crippen molar-refractivity contribution in [2.75, 3.05) is 25.4 Å². The number of hydrogen-bond acceptors (Lipinski definition) is 5. The normalized spacial score (nSPS) is 20.5. The van der Waals surface area contributed by atoms with Gasteiger partial charge in [-0.3, -0.25) is 4.90 Å². The maximum absolute atomic E-state index is 8.88. The zero-order valence-electron chi connectivity index (χ0n) is 10.5. The van der Waals surface area contributed by atoms with Crippen LogP contribution in [0.15, 0.2) is 18.2 Å². The highest BCUT2D eigenvalue weighted by atomic mass is 16.5. The number of imidazole rings is 1. The minimum Gasteiger partial charge on any atom is -0.399 e. The molecule has 19 heavy (non-hydrogen) atoms. The van der Waals surface area contributed by atoms with E-state index in [9.17, 15) is 0 Å². The summed E-state index contributed by atoms with van der Waals surface area (Å²) in [6.07, 6.45) is -0.339. The van der Waals surface area contributed by atoms with Crippen LogP contribution >= 0.6 is 0 Å². The summed E-state index contributed by atoms with van der Waals surface area (Å²) in [5.74, 6) is 0.888. The second-order valence-corrected chi connectivity index (χ2v) is 4.68. The number of ether oxygens (including phenoxy) is 1. The number of nitrogens with two attached hydrogens (primary N) is 1. The van der Waals surface area contributed by atoms with E-state index in [-0.39, 0.29) is 6.10 Å². The zero-order valence-corrected chi connectivity index (χ0v) is 10.5. The van der Waals surface area contributed by atoms with E-state index in [1.54, 1.807) is 0 Å². The van der Waals surface area contributed by atoms with Crippen molar-refractivity contribution in [3.63, 3.8) is 0 Å². The Balaban J connectivity index is 1.76. The predicted octanol–water partition coefficient (Wildman–Crippen LogP) is 0.869. The first-order valence-electron chi connectivity index (χ1n) is 6.22. The van der Waals surface area contributed by atoms with E-state index in [1.807, 2.05) is 18.2 Å². The van der Waals surface area contributed by atoms with E-state index in [4.69, 9.17) is 15.7 Å². The van der Waals surface area contributed by atoms with Gasteiger partial charge in [-0.15, -0.1) is 0 Å². The summed E-state index contributed by atoms with van der Waals surface area (Å²) < 4.78 is 5.32. The van der Waals surface area contributed by atoms with Gasteiger partial charge in [0.2, 0.25) is 0 Å². The number of nitriles is 1. The largest absolute Gasteiger partial charge is 0.399 e. The lowest BCUT2D eigenvalue weighted by molar-refractivity contribution is -0.00347. The average molecular weight is 257 g/mol. The predicted molar refractivity (Wildman–Crippen MR) is 71.1 cm³/mol. The van der Waals surface area contributed by atoms with Gasteiger partial charge in [0.1, 0.15) is 5.82 Å². The van der Waals surface area contributed by atoms with E-state index in [2.05, 4.69) is 20.9 Å². The first-order chi connectivity index (χ1) is 9.24. The Morgan fingerprint density at radius 3 is 3.32 bits per heavy atom. The number of rotatable bonds is 2. The van der Waals surface area contributed by atoms with Gasteiger partial charge in [0, 0.05) is 18.8 Å². The van der Waals surface area contributed by atoms with Crippen LogP contribution in [0.1, 0.15) is 5.82 Å². The van der Waals surface area contributed by atoms with Crippen molar-refractivity contribution in [1.82, 2.24) is 14.9 Å². The van der Waals surface area contributed by atoms with Crippen molar-refractivity contribution in [3.8, 4) is 6.07 Å². The minimum atomic E-state index is -0.339. The van der Waals surface area contributed by atoms with Crippen LogP contribution in [-0.2, 0) is 11.3 Å². The molecule has 1 aromatic carbocycles. The first-order valence-corrected chi connectivity index (χ1v) is 6.22. The van der Waals surface area contributed by atoms with Crippen LogP contribution in [0.2, 0.25) is 0 Å². The lowest BCUT2D eigenvalue weighted by atomic mass is 10.3. The number of anilines is 1. The van der Waals surface area contributed by atoms with Gasteiger partial charge in [-0.25, -0.2) is 4.98 Å². The lowest BCUT2D eigenvalue weighted by Gasteiger charge is -2.28. The highest BCUT2D eigenvalue weighted by Crippen LogP contribution is 2.16. The maximum atomic E-state index is 8.88. The third kappa shape index (κ3) is 2.52. The summed E-state index contributed by atoms with van der Waals surface area (Å²) in [6.45, 7) is 2.72. The van der Waals surface area contributed by atoms with Crippen LogP contribution in [0.5, 0.6) is 0 Å². The number of benzene rings is 1. The molecule has 1 saturated heterocycles. The fraction of sp³-hybridized carbons (Fsp3) is 0.385. The summed E-state index contributed by atoms with van der Waals surface area (Å²) in [5.41, 5.74) is 8.32. The third-order valence-electron chi connectivity index (χ3n) is 3.22. The molecule has 0 amide bonds. The van der Waals surface area contributed by atoms with Crippen LogP contribution in [0.4, 0.5) is 5.69 Å². The minimum absolute atomic E-state index is 0.339. The molecule has 1 aromatic heterocycles. The van der Waals surface area contributed by atoms with Gasteiger partial charge in [-0.05, 0) is 18.2 Å². The smallest absolute Gasteiger partial charge is 0.156 e. The summed E-state index contributed by atoms with van der Waals surface area (Å²) in [6, 6.07) is 7.77. The Morgan fingerprint density at radius 1 is 1.58 bits per heavy atom. The Labute approximate surface area is 110 Å². The van der Waals surface area contributed by atoms with Crippen LogP contribution in [0, 0.1) is 11.3 Å². The molecule has 2 heterocycles. The quantitative estimate of drug-likeness (QED) is 0.779. The number of aromatic nitrogens is 2. The molecule has 98 valence electrons. The number of hydrogen-bond donors (Lipinski definition) is 2. The number of fused-ring (bicyclic) bond motifs is 1. The maximum Gasteiger partial charge on any atom is 0.156 e. The molecule has 0 radical (unpaired) electrons. The summed E-state index contributed by atoms with van der Waals surface area (Å²) in [4.78, 5) is 9.95. The first kappa shape index (κ1) is 12.0. The van der Waals surface area contributed by atoms with Crippen molar-refractivity contribution in [1.29, 1.82) is 5.26 Å². The summed E-state index contributed by atoms with van der Waals surface area (Å²) in [5, 5.41) is 8.88. The van der Waals surface area contributed by atoms with E-state index >= 15 is 0 Å². The third-order valence-corrected chi connectivity index (χ3v) is 3.22. The van der Waals surface area contributed by atoms with Gasteiger partial charge >= 0.3 is 0 Å². The molecule has 1 atom stereocenters. The Kier molecular flexibility index (Phi) is 3.07. The number of morpholine rings is 1. The van der Waals surface area contributed by atoms with E-state index in [0.717, 1.165) is 29.1 Å². The average Bonchev–Trinajstić information content (AvgIpc) is 2.80. The Morgan fingerprint density at radius 2 is 2.47 bits per heavy atom. The SMILES string of the molecule is N#CC1CN(Cc2nc3ccc(N)cc3[nH]2)CCO1. The molecular weight excluding hydrogens is 242 g/mol. The van der Waals surface area contributed by atoms with Crippen molar-refractivity contribution in [2.24, 2.45) is 0 Å². The second-order valence-electron chi connectivity index (χ2n) is 4.68. The van der Waals surface area contributed by atoms with Crippen LogP contribution in [-0.4, -0.2) is 40.7 Å². The molecule has 6 heteroatoms. The molecule has 0 bridgehead atoms. The molecule has 1 aliphatic heterocycles. The van der Waals surface area contributed by atoms with Gasteiger partial charge in [0.05, 0.1) is 30.3 Å². The van der Waals surface area contributed by atoms with Crippen LogP contribution in [0.25, 0.3) is 11.0 Å². The van der Waals surface area contributed by atoms with Crippen LogP contribution < -0.4 is 5.73 Å². The van der Waals surface area contributed by atoms with Gasteiger partial charge in [0.25, 0.3) is 0 Å². The standard InChI is InChI=1S/C13H15N5O/c14-6-10-7-18(3-4-19-10)8-13-16-11-2-1-9(15)5-12(11)17-13/h1-2,5,10H,3-4,7-8,15H2,(H,16,17). The van der Waals surface area contributed by atoms with Gasteiger partial charge in [-0.1, -0.05) is 0 Å². The number of nitrogens with zero attached hydrogens (tertiary/aromatic N) is 3. The fourth-order valence-corrected chi connectivity index (χ4v) is 2.29. The fourth-order valence-electron chi connectivity index (χ4n) is 2.29. The number of nitrogens with one attached hydrogen (secondary N) is 1. The molecule has 3 N–H and O–H groups in total. The van der Waals surface area contributed by atoms with Crippen molar-refractivity contribution in [3.05, 3.63) is 24.0 Å². The number of nitrogen functional groups attached to an aromatic ring is 1. The van der Waals surface area contributed by atoms with Crippen molar-refractivity contribution in [2.45, 2.75) is 12.6 Å². The monoisotopic (exact) mass is 257 g/mol. The van der Waals surface area contributed by atoms with Crippen molar-refractivity contribution >= 4 is 16.7 Å². The molecule has 1 unspecified atom stereocenters. The molecule has 6 nitrogen and oxygen atoms in total. The molecule has 1 fully saturated rings. The molecule has 0 aliphatic carbocycles. The van der Waals surface area contributed by atoms with Crippen molar-refractivity contribution < 1.29 is 4.74 Å². The molecule has 1 aliphatic rings. The second kappa shape index (κ2) is 4.88. The topological polar surface area (TPSA) is 91.0 Å². The number of aromatic amines is 1. The van der Waals surface area contributed by atoms with Crippen LogP contribution in [0.3, 0.4) is 0 Å². The molecule has 0 spiro atoms. The van der Waals surface area contributed by atoms with Gasteiger partial charge in [0.15, 0.2) is 6.10 Å². The highest BCUT2D eigenvalue weighted by molar-refractivity contribution is 5.78. The number of H-pyrrole nitrogens is 1.